The van der Waals surface area contributed by atoms with E-state index in [2.05, 4.69) is 4.10 Å². The quantitative estimate of drug-likeness (QED) is 0.282. The largest absolute Gasteiger partial charge is 1.00 e. The normalized spacial score (nSPS) is 27.1. The third-order valence-electron chi connectivity index (χ3n) is 7.30. The summed E-state index contributed by atoms with van der Waals surface area (Å²) < 4.78 is 32.8. The molecule has 3 fully saturated rings. The molecule has 3 rings (SSSR count). The third kappa shape index (κ3) is 8.95. The van der Waals surface area contributed by atoms with Crippen molar-refractivity contribution in [1.82, 2.24) is 0 Å². The van der Waals surface area contributed by atoms with Crippen LogP contribution in [0.25, 0.3) is 0 Å². The van der Waals surface area contributed by atoms with Gasteiger partial charge in [0.1, 0.15) is 0 Å². The number of ether oxygens (including phenoxy) is 1. The molecule has 0 spiro atoms. The summed E-state index contributed by atoms with van der Waals surface area (Å²) in [4.78, 5) is 0. The minimum atomic E-state index is -3.54. The van der Waals surface area contributed by atoms with Crippen molar-refractivity contribution in [2.24, 2.45) is 0 Å². The second kappa shape index (κ2) is 14.6. The molecule has 0 aliphatic heterocycles. The summed E-state index contributed by atoms with van der Waals surface area (Å²) in [5.41, 5.74) is 2.94. The van der Waals surface area contributed by atoms with Gasteiger partial charge in [0.05, 0.1) is 11.9 Å². The maximum atomic E-state index is 11.3. The van der Waals surface area contributed by atoms with Gasteiger partial charge in [-0.3, -0.25) is 0 Å². The van der Waals surface area contributed by atoms with Crippen molar-refractivity contribution in [2.75, 3.05) is 12.4 Å². The van der Waals surface area contributed by atoms with Crippen molar-refractivity contribution in [2.45, 2.75) is 126 Å². The minimum absolute atomic E-state index is 0. The Bertz CT molecular complexity index is 556. The van der Waals surface area contributed by atoms with Crippen molar-refractivity contribution in [3.05, 3.63) is 0 Å². The van der Waals surface area contributed by atoms with Gasteiger partial charge in [-0.05, 0) is 74.8 Å². The molecule has 0 saturated heterocycles. The predicted molar refractivity (Wildman–Crippen MR) is 124 cm³/mol. The van der Waals surface area contributed by atoms with Crippen molar-refractivity contribution in [1.29, 1.82) is 0 Å². The molecule has 0 N–H and O–H groups in total. The molecule has 4 nitrogen and oxygen atoms in total. The Balaban J connectivity index is 0.00000240. The molecule has 8 heteroatoms. The van der Waals surface area contributed by atoms with Crippen LogP contribution in [0.1, 0.15) is 104 Å². The van der Waals surface area contributed by atoms with Crippen LogP contribution in [-0.2, 0) is 19.0 Å². The predicted octanol–water partition coefficient (Wildman–Crippen LogP) is 2.79. The zero-order valence-corrected chi connectivity index (χ0v) is 22.8. The Morgan fingerprint density at radius 1 is 0.800 bits per heavy atom. The third-order valence-corrected chi connectivity index (χ3v) is 12.4. The van der Waals surface area contributed by atoms with Crippen LogP contribution in [0, 0.1) is 0 Å². The fraction of sp³-hybridized carbons (Fsp3) is 1.00. The number of hydrogen-bond donors (Lipinski definition) is 0. The van der Waals surface area contributed by atoms with Gasteiger partial charge >= 0.3 is 37.6 Å². The molecule has 3 aliphatic carbocycles. The summed E-state index contributed by atoms with van der Waals surface area (Å²) in [5, 5.41) is 0. The standard InChI is InChI=1S/C22H40BO4PS.Na.H/c23-27-29(24,25)17-8-7-16-26-19-10-9-15-22(18-19)28(20-11-3-1-4-12-20)21-13-5-2-6-14-21;;/h19-22H,1-18H2;;/q;+1;-1. The SMILES string of the molecule is [B]OS(=O)(=O)CCCCOC1CCCC(P(C2CCCCC2)C2CCCCC2)C1.[H-].[Na+]. The fourth-order valence-corrected chi connectivity index (χ4v) is 11.2. The summed E-state index contributed by atoms with van der Waals surface area (Å²) in [6.45, 7) is 0.655. The van der Waals surface area contributed by atoms with E-state index >= 15 is 0 Å². The first kappa shape index (κ1) is 27.6. The van der Waals surface area contributed by atoms with E-state index in [1.54, 1.807) is 0 Å². The van der Waals surface area contributed by atoms with Crippen LogP contribution in [-0.4, -0.2) is 51.9 Å². The summed E-state index contributed by atoms with van der Waals surface area (Å²) in [6.07, 6.45) is 21.5. The molecule has 0 aromatic heterocycles. The van der Waals surface area contributed by atoms with Gasteiger partial charge in [-0.2, -0.15) is 0 Å². The average molecular weight is 466 g/mol. The van der Waals surface area contributed by atoms with Crippen molar-refractivity contribution in [3.8, 4) is 0 Å². The first-order valence-corrected chi connectivity index (χ1v) is 15.2. The molecule has 0 aromatic rings. The maximum Gasteiger partial charge on any atom is 1.00 e. The van der Waals surface area contributed by atoms with Gasteiger partial charge in [-0.15, -0.1) is 0 Å². The van der Waals surface area contributed by atoms with Gasteiger partial charge in [0.15, 0.2) is 0 Å². The second-order valence-corrected chi connectivity index (χ2v) is 14.2. The van der Waals surface area contributed by atoms with Crippen molar-refractivity contribution >= 4 is 26.1 Å². The van der Waals surface area contributed by atoms with Crippen LogP contribution in [0.15, 0.2) is 0 Å². The molecule has 30 heavy (non-hydrogen) atoms. The van der Waals surface area contributed by atoms with E-state index in [-0.39, 0.29) is 44.7 Å². The zero-order chi connectivity index (χ0) is 20.5. The Morgan fingerprint density at radius 2 is 1.37 bits per heavy atom. The van der Waals surface area contributed by atoms with Crippen LogP contribution in [0.4, 0.5) is 0 Å². The summed E-state index contributed by atoms with van der Waals surface area (Å²) >= 11 is 0. The van der Waals surface area contributed by atoms with Gasteiger partial charge in [0.25, 0.3) is 10.1 Å². The van der Waals surface area contributed by atoms with E-state index in [9.17, 15) is 8.42 Å². The van der Waals surface area contributed by atoms with Crippen LogP contribution in [0.3, 0.4) is 0 Å². The number of unbranched alkanes of at least 4 members (excludes halogenated alkanes) is 1. The van der Waals surface area contributed by atoms with Crippen molar-refractivity contribution < 1.29 is 48.2 Å². The molecule has 168 valence electrons. The molecule has 2 atom stereocenters. The van der Waals surface area contributed by atoms with E-state index in [0.717, 1.165) is 23.4 Å². The first-order chi connectivity index (χ1) is 14.1. The van der Waals surface area contributed by atoms with Gasteiger partial charge in [0, 0.05) is 6.61 Å². The number of rotatable bonds is 10. The average Bonchev–Trinajstić information content (AvgIpc) is 2.75. The molecule has 0 bridgehead atoms. The molecule has 0 heterocycles. The molecule has 3 saturated carbocycles. The zero-order valence-electron chi connectivity index (χ0n) is 20.1. The first-order valence-electron chi connectivity index (χ1n) is 12.1. The monoisotopic (exact) mass is 466 g/mol. The summed E-state index contributed by atoms with van der Waals surface area (Å²) in [5.74, 6) is -0.0190. The summed E-state index contributed by atoms with van der Waals surface area (Å²) in [6, 6.07) is 0. The van der Waals surface area contributed by atoms with E-state index in [1.807, 2.05) is 0 Å². The second-order valence-electron chi connectivity index (χ2n) is 9.41. The van der Waals surface area contributed by atoms with E-state index in [4.69, 9.17) is 12.8 Å². The molecular weight excluding hydrogens is 425 g/mol. The van der Waals surface area contributed by atoms with Crippen LogP contribution >= 0.6 is 7.92 Å². The van der Waals surface area contributed by atoms with Gasteiger partial charge < -0.3 is 10.3 Å². The topological polar surface area (TPSA) is 52.6 Å². The molecule has 3 aliphatic rings. The molecule has 2 unspecified atom stereocenters. The Morgan fingerprint density at radius 3 is 1.93 bits per heavy atom. The van der Waals surface area contributed by atoms with Crippen LogP contribution in [0.2, 0.25) is 0 Å². The van der Waals surface area contributed by atoms with E-state index in [0.29, 0.717) is 19.1 Å². The van der Waals surface area contributed by atoms with Gasteiger partial charge in [-0.1, -0.05) is 52.9 Å². The molecule has 2 radical (unpaired) electrons. The maximum absolute atomic E-state index is 11.3. The number of hydrogen-bond acceptors (Lipinski definition) is 4. The smallest absolute Gasteiger partial charge is 1.00 e. The molecule has 0 aromatic carbocycles. The Labute approximate surface area is 211 Å². The fourth-order valence-electron chi connectivity index (χ4n) is 5.87. The van der Waals surface area contributed by atoms with Crippen molar-refractivity contribution in [3.63, 3.8) is 0 Å². The van der Waals surface area contributed by atoms with Crippen LogP contribution in [0.5, 0.6) is 0 Å². The Kier molecular flexibility index (Phi) is 13.4. The van der Waals surface area contributed by atoms with E-state index in [1.165, 1.54) is 89.9 Å². The minimum Gasteiger partial charge on any atom is -1.00 e. The summed E-state index contributed by atoms with van der Waals surface area (Å²) in [7, 11) is 1.37. The molecule has 0 amide bonds. The van der Waals surface area contributed by atoms with Crippen LogP contribution < -0.4 is 29.6 Å². The molecular formula is C22H41BNaO4PS. The Hall–Kier alpha value is 1.36. The van der Waals surface area contributed by atoms with Gasteiger partial charge in [-0.25, -0.2) is 8.42 Å². The van der Waals surface area contributed by atoms with Gasteiger partial charge in [0.2, 0.25) is 0 Å². The van der Waals surface area contributed by atoms with E-state index < -0.39 is 10.1 Å².